The SMILES string of the molecule is CSc1nnc(SCc2oc3ccccc3c2C(=O)O)s1. The largest absolute Gasteiger partial charge is 0.478 e. The third kappa shape index (κ3) is 2.92. The van der Waals surface area contributed by atoms with Crippen molar-refractivity contribution in [2.24, 2.45) is 0 Å². The lowest BCUT2D eigenvalue weighted by Gasteiger charge is -1.96. The van der Waals surface area contributed by atoms with Crippen LogP contribution in [0.3, 0.4) is 0 Å². The summed E-state index contributed by atoms with van der Waals surface area (Å²) < 4.78 is 7.36. The van der Waals surface area contributed by atoms with E-state index in [-0.39, 0.29) is 5.56 Å². The lowest BCUT2D eigenvalue weighted by atomic mass is 10.1. The van der Waals surface area contributed by atoms with Crippen molar-refractivity contribution < 1.29 is 14.3 Å². The summed E-state index contributed by atoms with van der Waals surface area (Å²) in [5.41, 5.74) is 0.820. The average molecular weight is 338 g/mol. The van der Waals surface area contributed by atoms with Gasteiger partial charge in [0.1, 0.15) is 16.9 Å². The van der Waals surface area contributed by atoms with Gasteiger partial charge < -0.3 is 9.52 Å². The summed E-state index contributed by atoms with van der Waals surface area (Å²) in [5.74, 6) is -0.105. The molecule has 0 amide bonds. The predicted molar refractivity (Wildman–Crippen MR) is 84.4 cm³/mol. The lowest BCUT2D eigenvalue weighted by molar-refractivity contribution is 0.0697. The van der Waals surface area contributed by atoms with Crippen LogP contribution in [0.4, 0.5) is 0 Å². The fourth-order valence-corrected chi connectivity index (χ4v) is 4.27. The van der Waals surface area contributed by atoms with Crippen LogP contribution in [0.5, 0.6) is 0 Å². The van der Waals surface area contributed by atoms with Crippen molar-refractivity contribution in [2.75, 3.05) is 6.26 Å². The monoisotopic (exact) mass is 338 g/mol. The van der Waals surface area contributed by atoms with Crippen molar-refractivity contribution in [2.45, 2.75) is 14.4 Å². The number of aromatic carboxylic acids is 1. The molecule has 0 atom stereocenters. The van der Waals surface area contributed by atoms with E-state index in [2.05, 4.69) is 10.2 Å². The van der Waals surface area contributed by atoms with Crippen molar-refractivity contribution in [1.82, 2.24) is 10.2 Å². The number of aromatic nitrogens is 2. The van der Waals surface area contributed by atoms with Crippen molar-refractivity contribution in [1.29, 1.82) is 0 Å². The van der Waals surface area contributed by atoms with E-state index in [4.69, 9.17) is 4.42 Å². The zero-order valence-electron chi connectivity index (χ0n) is 10.9. The number of benzene rings is 1. The molecule has 0 bridgehead atoms. The quantitative estimate of drug-likeness (QED) is 0.705. The summed E-state index contributed by atoms with van der Waals surface area (Å²) in [5, 5.41) is 18.1. The minimum atomic E-state index is -0.974. The highest BCUT2D eigenvalue weighted by molar-refractivity contribution is 8.02. The summed E-state index contributed by atoms with van der Waals surface area (Å²) in [4.78, 5) is 11.5. The third-order valence-electron chi connectivity index (χ3n) is 2.77. The fraction of sp³-hybridized carbons (Fsp3) is 0.154. The lowest BCUT2D eigenvalue weighted by Crippen LogP contribution is -1.98. The Kier molecular flexibility index (Phi) is 4.18. The standard InChI is InChI=1S/C13H10N2O3S3/c1-19-12-14-15-13(21-12)20-6-9-10(11(16)17)7-4-2-3-5-8(7)18-9/h2-5H,6H2,1H3,(H,16,17). The van der Waals surface area contributed by atoms with Crippen LogP contribution < -0.4 is 0 Å². The minimum Gasteiger partial charge on any atom is -0.478 e. The van der Waals surface area contributed by atoms with Crippen LogP contribution >= 0.6 is 34.9 Å². The Morgan fingerprint density at radius 3 is 2.81 bits per heavy atom. The molecule has 0 aliphatic carbocycles. The molecule has 8 heteroatoms. The Labute approximate surface area is 132 Å². The van der Waals surface area contributed by atoms with E-state index in [1.165, 1.54) is 34.9 Å². The second-order valence-corrected chi connectivity index (χ2v) is 7.28. The van der Waals surface area contributed by atoms with Gasteiger partial charge in [0.25, 0.3) is 0 Å². The van der Waals surface area contributed by atoms with Crippen molar-refractivity contribution in [3.8, 4) is 0 Å². The van der Waals surface area contributed by atoms with E-state index < -0.39 is 5.97 Å². The van der Waals surface area contributed by atoms with E-state index in [9.17, 15) is 9.90 Å². The molecule has 21 heavy (non-hydrogen) atoms. The predicted octanol–water partition coefficient (Wildman–Crippen LogP) is 4.00. The third-order valence-corrected chi connectivity index (χ3v) is 5.80. The number of rotatable bonds is 5. The van der Waals surface area contributed by atoms with Gasteiger partial charge in [0.05, 0.1) is 5.75 Å². The van der Waals surface area contributed by atoms with Gasteiger partial charge in [-0.3, -0.25) is 0 Å². The molecule has 3 aromatic rings. The fourth-order valence-electron chi connectivity index (χ4n) is 1.90. The summed E-state index contributed by atoms with van der Waals surface area (Å²) in [7, 11) is 0. The van der Waals surface area contributed by atoms with Gasteiger partial charge in [-0.2, -0.15) is 0 Å². The number of furan rings is 1. The van der Waals surface area contributed by atoms with Gasteiger partial charge in [0, 0.05) is 5.39 Å². The number of nitrogens with zero attached hydrogens (tertiary/aromatic N) is 2. The molecule has 0 spiro atoms. The first kappa shape index (κ1) is 14.4. The summed E-state index contributed by atoms with van der Waals surface area (Å²) in [6.45, 7) is 0. The van der Waals surface area contributed by atoms with E-state index in [1.807, 2.05) is 12.3 Å². The molecule has 0 aliphatic heterocycles. The van der Waals surface area contributed by atoms with E-state index in [1.54, 1.807) is 18.2 Å². The van der Waals surface area contributed by atoms with Gasteiger partial charge in [-0.25, -0.2) is 4.79 Å². The van der Waals surface area contributed by atoms with Gasteiger partial charge in [0.15, 0.2) is 8.68 Å². The van der Waals surface area contributed by atoms with E-state index in [0.717, 1.165) is 8.68 Å². The van der Waals surface area contributed by atoms with Crippen LogP contribution in [0.25, 0.3) is 11.0 Å². The number of hydrogen-bond donors (Lipinski definition) is 1. The second kappa shape index (κ2) is 6.08. The molecule has 0 saturated carbocycles. The smallest absolute Gasteiger partial charge is 0.339 e. The second-order valence-electron chi connectivity index (χ2n) is 4.03. The van der Waals surface area contributed by atoms with Crippen LogP contribution in [0.2, 0.25) is 0 Å². The topological polar surface area (TPSA) is 76.2 Å². The first-order chi connectivity index (χ1) is 10.2. The molecule has 0 fully saturated rings. The maximum absolute atomic E-state index is 11.5. The van der Waals surface area contributed by atoms with Crippen LogP contribution in [-0.2, 0) is 5.75 Å². The van der Waals surface area contributed by atoms with Crippen molar-refractivity contribution in [3.63, 3.8) is 0 Å². The Hall–Kier alpha value is -1.51. The van der Waals surface area contributed by atoms with Gasteiger partial charge in [-0.05, 0) is 12.3 Å². The molecule has 2 aromatic heterocycles. The molecule has 2 heterocycles. The van der Waals surface area contributed by atoms with Crippen LogP contribution in [0.15, 0.2) is 37.4 Å². The molecular weight excluding hydrogens is 328 g/mol. The highest BCUT2D eigenvalue weighted by Crippen LogP contribution is 2.33. The Morgan fingerprint density at radius 1 is 1.33 bits per heavy atom. The number of hydrogen-bond acceptors (Lipinski definition) is 7. The summed E-state index contributed by atoms with van der Waals surface area (Å²) in [6.07, 6.45) is 1.94. The van der Waals surface area contributed by atoms with Crippen molar-refractivity contribution >= 4 is 51.8 Å². The summed E-state index contributed by atoms with van der Waals surface area (Å²) in [6, 6.07) is 7.15. The molecule has 5 nitrogen and oxygen atoms in total. The van der Waals surface area contributed by atoms with Gasteiger partial charge in [-0.15, -0.1) is 10.2 Å². The minimum absolute atomic E-state index is 0.229. The zero-order chi connectivity index (χ0) is 14.8. The molecular formula is C13H10N2O3S3. The van der Waals surface area contributed by atoms with E-state index >= 15 is 0 Å². The Bertz CT molecular complexity index is 797. The maximum Gasteiger partial charge on any atom is 0.339 e. The van der Waals surface area contributed by atoms with E-state index in [0.29, 0.717) is 22.5 Å². The number of fused-ring (bicyclic) bond motifs is 1. The molecule has 1 N–H and O–H groups in total. The number of carbonyl (C=O) groups is 1. The number of thioether (sulfide) groups is 2. The maximum atomic E-state index is 11.5. The number of carboxylic acids is 1. The molecule has 108 valence electrons. The van der Waals surface area contributed by atoms with Crippen LogP contribution in [0.1, 0.15) is 16.1 Å². The summed E-state index contributed by atoms with van der Waals surface area (Å²) >= 11 is 4.46. The molecule has 0 unspecified atom stereocenters. The molecule has 1 aromatic carbocycles. The zero-order valence-corrected chi connectivity index (χ0v) is 13.3. The first-order valence-corrected chi connectivity index (χ1v) is 8.95. The van der Waals surface area contributed by atoms with Crippen LogP contribution in [0, 0.1) is 0 Å². The van der Waals surface area contributed by atoms with Gasteiger partial charge in [0.2, 0.25) is 0 Å². The van der Waals surface area contributed by atoms with Gasteiger partial charge in [-0.1, -0.05) is 53.1 Å². The van der Waals surface area contributed by atoms with Crippen molar-refractivity contribution in [3.05, 3.63) is 35.6 Å². The highest BCUT2D eigenvalue weighted by atomic mass is 32.2. The van der Waals surface area contributed by atoms with Gasteiger partial charge >= 0.3 is 5.97 Å². The normalized spacial score (nSPS) is 11.1. The molecule has 3 rings (SSSR count). The number of para-hydroxylation sites is 1. The highest BCUT2D eigenvalue weighted by Gasteiger charge is 2.20. The van der Waals surface area contributed by atoms with Crippen LogP contribution in [-0.4, -0.2) is 27.5 Å². The molecule has 0 radical (unpaired) electrons. The Balaban J connectivity index is 1.89. The number of carboxylic acid groups (broad SMARTS) is 1. The molecule has 0 saturated heterocycles. The molecule has 0 aliphatic rings. The Morgan fingerprint density at radius 2 is 2.10 bits per heavy atom. The first-order valence-electron chi connectivity index (χ1n) is 5.93. The average Bonchev–Trinajstić information content (AvgIpc) is 3.08.